The summed E-state index contributed by atoms with van der Waals surface area (Å²) in [6, 6.07) is 24.5. The van der Waals surface area contributed by atoms with Crippen molar-refractivity contribution in [2.24, 2.45) is 5.10 Å². The second-order valence-electron chi connectivity index (χ2n) is 7.64. The number of tetrazole rings is 1. The van der Waals surface area contributed by atoms with Crippen molar-refractivity contribution in [3.63, 3.8) is 0 Å². The number of nitrogens with one attached hydrogen (secondary N) is 1. The van der Waals surface area contributed by atoms with Gasteiger partial charge < -0.3 is 10.0 Å². The van der Waals surface area contributed by atoms with Gasteiger partial charge in [0.2, 0.25) is 5.82 Å². The van der Waals surface area contributed by atoms with Crippen LogP contribution in [0.25, 0.3) is 11.4 Å². The van der Waals surface area contributed by atoms with Crippen LogP contribution in [0.1, 0.15) is 21.5 Å². The number of hydrogen-bond acceptors (Lipinski definition) is 7. The van der Waals surface area contributed by atoms with E-state index in [2.05, 4.69) is 25.9 Å². The molecule has 0 unspecified atom stereocenters. The summed E-state index contributed by atoms with van der Waals surface area (Å²) in [5.74, 6) is 0.272. The van der Waals surface area contributed by atoms with Crippen LogP contribution in [0.5, 0.6) is 0 Å². The van der Waals surface area contributed by atoms with Crippen LogP contribution >= 0.6 is 0 Å². The van der Waals surface area contributed by atoms with Crippen LogP contribution in [0.3, 0.4) is 0 Å². The van der Waals surface area contributed by atoms with Crippen molar-refractivity contribution in [3.8, 4) is 11.4 Å². The third-order valence-corrected chi connectivity index (χ3v) is 5.17. The Labute approximate surface area is 197 Å². The maximum absolute atomic E-state index is 12.4. The van der Waals surface area contributed by atoms with Crippen LogP contribution in [0.15, 0.2) is 84.0 Å². The Morgan fingerprint density at radius 1 is 1.06 bits per heavy atom. The number of hydrazone groups is 1. The molecule has 1 amide bonds. The molecular formula is C25H25N7O2. The van der Waals surface area contributed by atoms with E-state index >= 15 is 0 Å². The summed E-state index contributed by atoms with van der Waals surface area (Å²) in [6.45, 7) is 1.11. The Balaban J connectivity index is 1.30. The summed E-state index contributed by atoms with van der Waals surface area (Å²) in [5.41, 5.74) is 6.74. The Morgan fingerprint density at radius 3 is 2.50 bits per heavy atom. The molecule has 9 nitrogen and oxygen atoms in total. The number of rotatable bonds is 9. The van der Waals surface area contributed by atoms with E-state index in [1.54, 1.807) is 18.3 Å². The number of amides is 1. The van der Waals surface area contributed by atoms with E-state index in [-0.39, 0.29) is 12.5 Å². The molecular weight excluding hydrogens is 430 g/mol. The lowest BCUT2D eigenvalue weighted by Gasteiger charge is -2.17. The second-order valence-corrected chi connectivity index (χ2v) is 7.64. The number of benzene rings is 3. The highest BCUT2D eigenvalue weighted by Crippen LogP contribution is 2.14. The van der Waals surface area contributed by atoms with Crippen molar-refractivity contribution in [2.45, 2.75) is 6.54 Å². The van der Waals surface area contributed by atoms with Crippen LogP contribution in [0, 0.1) is 0 Å². The minimum absolute atomic E-state index is 0.0965. The molecule has 3 aromatic carbocycles. The maximum Gasteiger partial charge on any atom is 0.271 e. The topological polar surface area (TPSA) is 109 Å². The first-order valence-corrected chi connectivity index (χ1v) is 10.8. The molecule has 0 saturated heterocycles. The Bertz CT molecular complexity index is 1240. The van der Waals surface area contributed by atoms with Crippen molar-refractivity contribution in [2.75, 3.05) is 25.1 Å². The van der Waals surface area contributed by atoms with Crippen molar-refractivity contribution in [1.82, 2.24) is 25.6 Å². The quantitative estimate of drug-likeness (QED) is 0.297. The molecule has 0 saturated carbocycles. The molecule has 0 aliphatic carbocycles. The van der Waals surface area contributed by atoms with E-state index in [1.165, 1.54) is 4.80 Å². The van der Waals surface area contributed by atoms with E-state index < -0.39 is 0 Å². The van der Waals surface area contributed by atoms with Crippen LogP contribution in [-0.4, -0.2) is 57.6 Å². The van der Waals surface area contributed by atoms with Gasteiger partial charge in [0, 0.05) is 30.4 Å². The van der Waals surface area contributed by atoms with Crippen molar-refractivity contribution >= 4 is 17.8 Å². The van der Waals surface area contributed by atoms with Crippen molar-refractivity contribution in [3.05, 3.63) is 95.6 Å². The monoisotopic (exact) mass is 455 g/mol. The Kier molecular flexibility index (Phi) is 7.36. The van der Waals surface area contributed by atoms with Gasteiger partial charge in [-0.2, -0.15) is 9.90 Å². The van der Waals surface area contributed by atoms with Gasteiger partial charge in [-0.25, -0.2) is 5.43 Å². The summed E-state index contributed by atoms with van der Waals surface area (Å²) in [7, 11) is 1.91. The zero-order valence-corrected chi connectivity index (χ0v) is 18.7. The highest BCUT2D eigenvalue weighted by Gasteiger charge is 2.08. The molecule has 1 heterocycles. The summed E-state index contributed by atoms with van der Waals surface area (Å²) < 4.78 is 0. The van der Waals surface area contributed by atoms with Gasteiger partial charge >= 0.3 is 0 Å². The molecule has 0 fully saturated rings. The number of likely N-dealkylation sites (N-methyl/N-ethyl adjacent to an activating group) is 1. The van der Waals surface area contributed by atoms with E-state index in [1.807, 2.05) is 78.7 Å². The number of carbonyl (C=O) groups excluding carboxylic acids is 1. The Hall–Kier alpha value is -4.37. The third kappa shape index (κ3) is 5.90. The molecule has 0 radical (unpaired) electrons. The normalized spacial score (nSPS) is 11.0. The number of carbonyl (C=O) groups is 1. The number of nitrogens with zero attached hydrogens (tertiary/aromatic N) is 6. The molecule has 0 aliphatic heterocycles. The van der Waals surface area contributed by atoms with Gasteiger partial charge in [0.05, 0.1) is 19.4 Å². The molecule has 0 bridgehead atoms. The minimum atomic E-state index is -0.299. The first-order chi connectivity index (χ1) is 16.6. The zero-order valence-electron chi connectivity index (χ0n) is 18.7. The van der Waals surface area contributed by atoms with Gasteiger partial charge in [0.1, 0.15) is 0 Å². The molecule has 9 heteroatoms. The van der Waals surface area contributed by atoms with Gasteiger partial charge in [-0.15, -0.1) is 10.2 Å². The van der Waals surface area contributed by atoms with Gasteiger partial charge in [-0.3, -0.25) is 4.79 Å². The first-order valence-electron chi connectivity index (χ1n) is 10.8. The predicted molar refractivity (Wildman–Crippen MR) is 131 cm³/mol. The molecule has 0 atom stereocenters. The van der Waals surface area contributed by atoms with E-state index in [4.69, 9.17) is 5.11 Å². The fraction of sp³-hybridized carbons (Fsp3) is 0.160. The predicted octanol–water partition coefficient (Wildman–Crippen LogP) is 2.58. The molecule has 172 valence electrons. The maximum atomic E-state index is 12.4. The number of hydrogen-bond donors (Lipinski definition) is 2. The highest BCUT2D eigenvalue weighted by molar-refractivity contribution is 5.94. The molecule has 4 aromatic rings. The number of aliphatic hydroxyl groups excluding tert-OH is 1. The fourth-order valence-electron chi connectivity index (χ4n) is 3.26. The highest BCUT2D eigenvalue weighted by atomic mass is 16.3. The second kappa shape index (κ2) is 11.0. The summed E-state index contributed by atoms with van der Waals surface area (Å²) >= 11 is 0. The SMILES string of the molecule is CN(CCO)c1ccc(C=NNC(=O)c2ccc(Cn3nnc(-c4ccccc4)n3)cc2)cc1. The standard InChI is InChI=1S/C25H25N7O2/c1-31(15-16-33)23-13-9-19(10-14-23)17-26-28-25(34)22-11-7-20(8-12-22)18-32-29-24(27-30-32)21-5-3-2-4-6-21/h2-14,17,33H,15-16,18H2,1H3,(H,28,34). The third-order valence-electron chi connectivity index (χ3n) is 5.17. The average Bonchev–Trinajstić information content (AvgIpc) is 3.34. The smallest absolute Gasteiger partial charge is 0.271 e. The van der Waals surface area contributed by atoms with E-state index in [0.29, 0.717) is 24.5 Å². The van der Waals surface area contributed by atoms with Gasteiger partial charge in [0.25, 0.3) is 5.91 Å². The number of anilines is 1. The Morgan fingerprint density at radius 2 is 1.79 bits per heavy atom. The lowest BCUT2D eigenvalue weighted by atomic mass is 10.1. The van der Waals surface area contributed by atoms with E-state index in [0.717, 1.165) is 22.4 Å². The van der Waals surface area contributed by atoms with Crippen LogP contribution < -0.4 is 10.3 Å². The van der Waals surface area contributed by atoms with Gasteiger partial charge in [0.15, 0.2) is 0 Å². The minimum Gasteiger partial charge on any atom is -0.395 e. The lowest BCUT2D eigenvalue weighted by Crippen LogP contribution is -2.20. The van der Waals surface area contributed by atoms with Crippen molar-refractivity contribution in [1.29, 1.82) is 0 Å². The molecule has 2 N–H and O–H groups in total. The zero-order chi connectivity index (χ0) is 23.8. The van der Waals surface area contributed by atoms with Crippen LogP contribution in [0.4, 0.5) is 5.69 Å². The molecule has 0 spiro atoms. The molecule has 34 heavy (non-hydrogen) atoms. The largest absolute Gasteiger partial charge is 0.395 e. The number of aromatic nitrogens is 4. The molecule has 4 rings (SSSR count). The first kappa shape index (κ1) is 22.8. The van der Waals surface area contributed by atoms with Gasteiger partial charge in [-0.05, 0) is 40.6 Å². The van der Waals surface area contributed by atoms with Crippen LogP contribution in [0.2, 0.25) is 0 Å². The summed E-state index contributed by atoms with van der Waals surface area (Å²) in [4.78, 5) is 15.9. The molecule has 1 aromatic heterocycles. The molecule has 0 aliphatic rings. The summed E-state index contributed by atoms with van der Waals surface area (Å²) in [6.07, 6.45) is 1.59. The average molecular weight is 456 g/mol. The van der Waals surface area contributed by atoms with Crippen LogP contribution in [-0.2, 0) is 6.54 Å². The fourth-order valence-corrected chi connectivity index (χ4v) is 3.26. The van der Waals surface area contributed by atoms with Gasteiger partial charge in [-0.1, -0.05) is 54.6 Å². The number of aliphatic hydroxyl groups is 1. The van der Waals surface area contributed by atoms with Crippen molar-refractivity contribution < 1.29 is 9.90 Å². The lowest BCUT2D eigenvalue weighted by molar-refractivity contribution is 0.0955. The van der Waals surface area contributed by atoms with E-state index in [9.17, 15) is 4.79 Å². The summed E-state index contributed by atoms with van der Waals surface area (Å²) in [5, 5.41) is 25.7.